The van der Waals surface area contributed by atoms with Gasteiger partial charge in [0.25, 0.3) is 0 Å². The Hall–Kier alpha value is -0.940. The van der Waals surface area contributed by atoms with Gasteiger partial charge in [0, 0.05) is 0 Å². The van der Waals surface area contributed by atoms with Gasteiger partial charge < -0.3 is 5.11 Å². The first kappa shape index (κ1) is 10.6. The van der Waals surface area contributed by atoms with Gasteiger partial charge in [-0.1, -0.05) is 6.92 Å². The van der Waals surface area contributed by atoms with Gasteiger partial charge in [0.15, 0.2) is 5.65 Å². The first-order valence-corrected chi connectivity index (χ1v) is 5.56. The molecule has 4 nitrogen and oxygen atoms in total. The Kier molecular flexibility index (Phi) is 2.52. The number of aromatic nitrogens is 3. The fourth-order valence-electron chi connectivity index (χ4n) is 1.47. The van der Waals surface area contributed by atoms with Crippen molar-refractivity contribution in [2.45, 2.75) is 25.9 Å². The fourth-order valence-corrected chi connectivity index (χ4v) is 1.87. The Bertz CT molecular complexity index is 492. The molecule has 0 aliphatic rings. The van der Waals surface area contributed by atoms with E-state index in [-0.39, 0.29) is 0 Å². The molecule has 80 valence electrons. The van der Waals surface area contributed by atoms with Crippen molar-refractivity contribution in [1.29, 1.82) is 0 Å². The number of aliphatic hydroxyl groups is 1. The molecule has 2 heterocycles. The molecule has 0 amide bonds. The van der Waals surface area contributed by atoms with Crippen molar-refractivity contribution in [3.63, 3.8) is 0 Å². The van der Waals surface area contributed by atoms with E-state index in [0.717, 1.165) is 15.8 Å². The summed E-state index contributed by atoms with van der Waals surface area (Å²) in [5.41, 5.74) is 0.592. The predicted octanol–water partition coefficient (Wildman–Crippen LogP) is 2.11. The summed E-state index contributed by atoms with van der Waals surface area (Å²) in [6.07, 6.45) is 2.11. The fraction of sp³-hybridized carbons (Fsp3) is 0.400. The van der Waals surface area contributed by atoms with E-state index in [0.29, 0.717) is 6.42 Å². The van der Waals surface area contributed by atoms with Gasteiger partial charge in [-0.15, -0.1) is 0 Å². The van der Waals surface area contributed by atoms with Crippen LogP contribution in [-0.2, 0) is 5.60 Å². The van der Waals surface area contributed by atoms with Crippen LogP contribution >= 0.6 is 15.9 Å². The van der Waals surface area contributed by atoms with Crippen molar-refractivity contribution < 1.29 is 5.11 Å². The molecule has 5 heteroatoms. The third-order valence-corrected chi connectivity index (χ3v) is 3.24. The van der Waals surface area contributed by atoms with E-state index in [1.807, 2.05) is 19.1 Å². The van der Waals surface area contributed by atoms with Crippen LogP contribution in [0.3, 0.4) is 0 Å². The van der Waals surface area contributed by atoms with Crippen LogP contribution in [0.5, 0.6) is 0 Å². The summed E-state index contributed by atoms with van der Waals surface area (Å²) in [5.74, 6) is 0. The molecule has 0 aromatic carbocycles. The average Bonchev–Trinajstić information content (AvgIpc) is 2.67. The minimum Gasteiger partial charge on any atom is -0.384 e. The standard InChI is InChI=1S/C10H12BrN3O/c1-3-10(2,15)8-5-4-7(11)9-12-6-13-14(8)9/h4-6,15H,3H2,1-2H3. The van der Waals surface area contributed by atoms with Gasteiger partial charge in [-0.05, 0) is 41.4 Å². The van der Waals surface area contributed by atoms with E-state index in [1.165, 1.54) is 6.33 Å². The highest BCUT2D eigenvalue weighted by atomic mass is 79.9. The minimum atomic E-state index is -0.882. The molecule has 2 aromatic heterocycles. The van der Waals surface area contributed by atoms with Crippen molar-refractivity contribution in [2.75, 3.05) is 0 Å². The maximum Gasteiger partial charge on any atom is 0.169 e. The van der Waals surface area contributed by atoms with Crippen molar-refractivity contribution in [1.82, 2.24) is 14.6 Å². The third kappa shape index (κ3) is 1.66. The number of nitrogens with zero attached hydrogens (tertiary/aromatic N) is 3. The van der Waals surface area contributed by atoms with Gasteiger partial charge in [0.2, 0.25) is 0 Å². The SMILES string of the molecule is CCC(C)(O)c1ccc(Br)c2ncnn12. The minimum absolute atomic E-state index is 0.629. The highest BCUT2D eigenvalue weighted by Crippen LogP contribution is 2.26. The monoisotopic (exact) mass is 269 g/mol. The summed E-state index contributed by atoms with van der Waals surface area (Å²) < 4.78 is 2.53. The lowest BCUT2D eigenvalue weighted by atomic mass is 9.98. The second-order valence-corrected chi connectivity index (χ2v) is 4.54. The molecule has 1 atom stereocenters. The molecular weight excluding hydrogens is 258 g/mol. The number of halogens is 1. The summed E-state index contributed by atoms with van der Waals surface area (Å²) >= 11 is 3.39. The molecule has 0 saturated heterocycles. The topological polar surface area (TPSA) is 50.4 Å². The maximum absolute atomic E-state index is 10.2. The van der Waals surface area contributed by atoms with Crippen LogP contribution in [0.1, 0.15) is 26.0 Å². The Morgan fingerprint density at radius 2 is 2.27 bits per heavy atom. The summed E-state index contributed by atoms with van der Waals surface area (Å²) in [7, 11) is 0. The van der Waals surface area contributed by atoms with E-state index < -0.39 is 5.60 Å². The second kappa shape index (κ2) is 3.57. The van der Waals surface area contributed by atoms with Crippen molar-refractivity contribution in [3.8, 4) is 0 Å². The molecule has 0 aliphatic heterocycles. The Morgan fingerprint density at radius 1 is 1.53 bits per heavy atom. The van der Waals surface area contributed by atoms with E-state index in [1.54, 1.807) is 11.4 Å². The van der Waals surface area contributed by atoms with Crippen LogP contribution in [0.25, 0.3) is 5.65 Å². The molecule has 0 aliphatic carbocycles. The van der Waals surface area contributed by atoms with E-state index in [9.17, 15) is 5.11 Å². The van der Waals surface area contributed by atoms with Gasteiger partial charge in [-0.3, -0.25) is 0 Å². The Balaban J connectivity index is 2.72. The predicted molar refractivity (Wildman–Crippen MR) is 60.5 cm³/mol. The van der Waals surface area contributed by atoms with Gasteiger partial charge in [0.1, 0.15) is 11.9 Å². The normalized spacial score (nSPS) is 15.5. The number of hydrogen-bond donors (Lipinski definition) is 1. The number of pyridine rings is 1. The number of fused-ring (bicyclic) bond motifs is 1. The van der Waals surface area contributed by atoms with E-state index in [4.69, 9.17) is 0 Å². The molecule has 2 rings (SSSR count). The third-order valence-electron chi connectivity index (χ3n) is 2.62. The molecule has 1 unspecified atom stereocenters. The quantitative estimate of drug-likeness (QED) is 0.909. The molecule has 0 fully saturated rings. The van der Waals surface area contributed by atoms with Crippen LogP contribution in [0.15, 0.2) is 22.9 Å². The van der Waals surface area contributed by atoms with Crippen LogP contribution in [0, 0.1) is 0 Å². The Morgan fingerprint density at radius 3 is 2.93 bits per heavy atom. The molecule has 0 radical (unpaired) electrons. The van der Waals surface area contributed by atoms with Crippen LogP contribution in [0.2, 0.25) is 0 Å². The highest BCUT2D eigenvalue weighted by Gasteiger charge is 2.24. The van der Waals surface area contributed by atoms with Crippen LogP contribution in [0.4, 0.5) is 0 Å². The zero-order chi connectivity index (χ0) is 11.1. The zero-order valence-corrected chi connectivity index (χ0v) is 10.2. The molecule has 0 saturated carbocycles. The van der Waals surface area contributed by atoms with Crippen molar-refractivity contribution in [2.24, 2.45) is 0 Å². The zero-order valence-electron chi connectivity index (χ0n) is 8.61. The van der Waals surface area contributed by atoms with Gasteiger partial charge in [0.05, 0.1) is 10.2 Å². The van der Waals surface area contributed by atoms with Gasteiger partial charge >= 0.3 is 0 Å². The largest absolute Gasteiger partial charge is 0.384 e. The molecular formula is C10H12BrN3O. The smallest absolute Gasteiger partial charge is 0.169 e. The summed E-state index contributed by atoms with van der Waals surface area (Å²) in [6, 6.07) is 3.73. The summed E-state index contributed by atoms with van der Waals surface area (Å²) in [4.78, 5) is 4.12. The lowest BCUT2D eigenvalue weighted by Gasteiger charge is -2.22. The summed E-state index contributed by atoms with van der Waals surface area (Å²) in [6.45, 7) is 3.71. The summed E-state index contributed by atoms with van der Waals surface area (Å²) in [5, 5.41) is 14.3. The second-order valence-electron chi connectivity index (χ2n) is 3.69. The maximum atomic E-state index is 10.2. The lowest BCUT2D eigenvalue weighted by molar-refractivity contribution is 0.0463. The van der Waals surface area contributed by atoms with E-state index >= 15 is 0 Å². The number of rotatable bonds is 2. The lowest BCUT2D eigenvalue weighted by Crippen LogP contribution is -2.23. The first-order chi connectivity index (χ1) is 7.06. The highest BCUT2D eigenvalue weighted by molar-refractivity contribution is 9.10. The molecule has 1 N–H and O–H groups in total. The molecule has 15 heavy (non-hydrogen) atoms. The first-order valence-electron chi connectivity index (χ1n) is 4.77. The van der Waals surface area contributed by atoms with Crippen LogP contribution < -0.4 is 0 Å². The molecule has 0 spiro atoms. The average molecular weight is 270 g/mol. The van der Waals surface area contributed by atoms with Crippen LogP contribution in [-0.4, -0.2) is 19.7 Å². The van der Waals surface area contributed by atoms with Gasteiger partial charge in [-0.2, -0.15) is 5.10 Å². The van der Waals surface area contributed by atoms with E-state index in [2.05, 4.69) is 26.0 Å². The Labute approximate surface area is 96.1 Å². The van der Waals surface area contributed by atoms with Crippen molar-refractivity contribution in [3.05, 3.63) is 28.6 Å². The number of hydrogen-bond acceptors (Lipinski definition) is 3. The van der Waals surface area contributed by atoms with Crippen molar-refractivity contribution >= 4 is 21.6 Å². The molecule has 0 bridgehead atoms. The van der Waals surface area contributed by atoms with Gasteiger partial charge in [-0.25, -0.2) is 9.50 Å². The molecule has 2 aromatic rings.